The molecule has 82 valence electrons. The Morgan fingerprint density at radius 2 is 1.71 bits per heavy atom. The highest BCUT2D eigenvalue weighted by Crippen LogP contribution is 2.34. The van der Waals surface area contributed by atoms with Gasteiger partial charge in [-0.3, -0.25) is 4.79 Å². The first kappa shape index (κ1) is 9.72. The first-order valence-electron chi connectivity index (χ1n) is 5.07. The maximum absolute atomic E-state index is 12.0. The minimum Gasteiger partial charge on any atom is -0.477 e. The number of pyridine rings is 1. The lowest BCUT2D eigenvalue weighted by atomic mass is 10.1. The third kappa shape index (κ3) is 1.27. The lowest BCUT2D eigenvalue weighted by Crippen LogP contribution is -2.02. The zero-order valence-corrected chi connectivity index (χ0v) is 8.68. The van der Waals surface area contributed by atoms with Gasteiger partial charge in [0.2, 0.25) is 0 Å². The Bertz CT molecular complexity index is 661. The molecule has 1 aromatic heterocycles. The van der Waals surface area contributed by atoms with Gasteiger partial charge in [-0.2, -0.15) is 0 Å². The number of aromatic carboxylic acids is 1. The van der Waals surface area contributed by atoms with Crippen molar-refractivity contribution >= 4 is 11.8 Å². The second-order valence-corrected chi connectivity index (χ2v) is 3.77. The quantitative estimate of drug-likeness (QED) is 0.687. The molecule has 4 nitrogen and oxygen atoms in total. The number of hydrogen-bond acceptors (Lipinski definition) is 3. The normalized spacial score (nSPS) is 12.1. The van der Waals surface area contributed by atoms with E-state index in [0.717, 1.165) is 0 Å². The maximum Gasteiger partial charge on any atom is 0.354 e. The van der Waals surface area contributed by atoms with E-state index in [1.54, 1.807) is 24.3 Å². The molecule has 0 bridgehead atoms. The van der Waals surface area contributed by atoms with E-state index < -0.39 is 5.97 Å². The molecular weight excluding hydrogens is 218 g/mol. The average molecular weight is 225 g/mol. The van der Waals surface area contributed by atoms with Gasteiger partial charge in [0, 0.05) is 16.7 Å². The molecule has 0 unspecified atom stereocenters. The monoisotopic (exact) mass is 225 g/mol. The number of ketones is 1. The highest BCUT2D eigenvalue weighted by Gasteiger charge is 2.28. The number of carbonyl (C=O) groups excluding carboxylic acids is 1. The number of carboxylic acids is 1. The molecular formula is C13H7NO3. The van der Waals surface area contributed by atoms with Crippen LogP contribution in [0.25, 0.3) is 11.3 Å². The Kier molecular flexibility index (Phi) is 1.86. The smallest absolute Gasteiger partial charge is 0.354 e. The van der Waals surface area contributed by atoms with Gasteiger partial charge in [0.25, 0.3) is 0 Å². The highest BCUT2D eigenvalue weighted by atomic mass is 16.4. The van der Waals surface area contributed by atoms with E-state index >= 15 is 0 Å². The van der Waals surface area contributed by atoms with Crippen molar-refractivity contribution in [3.8, 4) is 11.3 Å². The van der Waals surface area contributed by atoms with Gasteiger partial charge in [-0.05, 0) is 12.1 Å². The van der Waals surface area contributed by atoms with E-state index in [2.05, 4.69) is 4.98 Å². The third-order valence-corrected chi connectivity index (χ3v) is 2.79. The molecule has 1 aliphatic rings. The summed E-state index contributed by atoms with van der Waals surface area (Å²) in [6.45, 7) is 0. The van der Waals surface area contributed by atoms with Crippen LogP contribution in [0.15, 0.2) is 36.4 Å². The molecule has 3 rings (SSSR count). The van der Waals surface area contributed by atoms with Crippen LogP contribution in [0.1, 0.15) is 26.4 Å². The fourth-order valence-corrected chi connectivity index (χ4v) is 2.00. The average Bonchev–Trinajstić information content (AvgIpc) is 2.64. The van der Waals surface area contributed by atoms with Crippen molar-refractivity contribution in [1.29, 1.82) is 0 Å². The number of aromatic nitrogens is 1. The summed E-state index contributed by atoms with van der Waals surface area (Å²) >= 11 is 0. The lowest BCUT2D eigenvalue weighted by molar-refractivity contribution is 0.0690. The number of benzene rings is 1. The number of hydrogen-bond donors (Lipinski definition) is 1. The summed E-state index contributed by atoms with van der Waals surface area (Å²) in [5, 5.41) is 8.88. The molecule has 2 aromatic rings. The zero-order chi connectivity index (χ0) is 12.0. The Morgan fingerprint density at radius 1 is 1.00 bits per heavy atom. The SMILES string of the molecule is O=C(O)c1ccc2c(n1)-c1ccccc1C2=O. The fourth-order valence-electron chi connectivity index (χ4n) is 2.00. The Labute approximate surface area is 96.5 Å². The van der Waals surface area contributed by atoms with Gasteiger partial charge in [0.1, 0.15) is 5.69 Å². The number of carbonyl (C=O) groups is 2. The van der Waals surface area contributed by atoms with Gasteiger partial charge >= 0.3 is 5.97 Å². The molecule has 0 saturated carbocycles. The van der Waals surface area contributed by atoms with Crippen LogP contribution >= 0.6 is 0 Å². The number of carboxylic acid groups (broad SMARTS) is 1. The minimum atomic E-state index is -1.09. The molecule has 0 spiro atoms. The zero-order valence-electron chi connectivity index (χ0n) is 8.68. The summed E-state index contributed by atoms with van der Waals surface area (Å²) in [6, 6.07) is 9.95. The molecule has 0 aliphatic heterocycles. The molecule has 0 radical (unpaired) electrons. The summed E-state index contributed by atoms with van der Waals surface area (Å²) in [6.07, 6.45) is 0. The van der Waals surface area contributed by atoms with Crippen LogP contribution in [0.5, 0.6) is 0 Å². The minimum absolute atomic E-state index is 0.0479. The standard InChI is InChI=1S/C13H7NO3/c15-12-8-4-2-1-3-7(8)11-9(12)5-6-10(14-11)13(16)17/h1-6H,(H,16,17). The summed E-state index contributed by atoms with van der Waals surface area (Å²) < 4.78 is 0. The first-order chi connectivity index (χ1) is 8.18. The van der Waals surface area contributed by atoms with E-state index in [0.29, 0.717) is 22.4 Å². The van der Waals surface area contributed by atoms with Gasteiger partial charge in [0.15, 0.2) is 5.78 Å². The molecule has 0 amide bonds. The molecule has 1 aromatic carbocycles. The van der Waals surface area contributed by atoms with Crippen molar-refractivity contribution in [3.05, 3.63) is 53.2 Å². The van der Waals surface area contributed by atoms with E-state index in [9.17, 15) is 9.59 Å². The molecule has 1 N–H and O–H groups in total. The van der Waals surface area contributed by atoms with Crippen molar-refractivity contribution in [2.24, 2.45) is 0 Å². The Balaban J connectivity index is 2.31. The topological polar surface area (TPSA) is 67.3 Å². The maximum atomic E-state index is 12.0. The fraction of sp³-hybridized carbons (Fsp3) is 0. The van der Waals surface area contributed by atoms with Crippen molar-refractivity contribution in [2.45, 2.75) is 0 Å². The number of nitrogens with zero attached hydrogens (tertiary/aromatic N) is 1. The lowest BCUT2D eigenvalue weighted by Gasteiger charge is -1.99. The van der Waals surface area contributed by atoms with Gasteiger partial charge < -0.3 is 5.11 Å². The van der Waals surface area contributed by atoms with Crippen molar-refractivity contribution < 1.29 is 14.7 Å². The van der Waals surface area contributed by atoms with Crippen molar-refractivity contribution in [2.75, 3.05) is 0 Å². The Hall–Kier alpha value is -2.49. The van der Waals surface area contributed by atoms with Crippen LogP contribution < -0.4 is 0 Å². The predicted octanol–water partition coefficient (Wildman–Crippen LogP) is 1.99. The van der Waals surface area contributed by atoms with Crippen molar-refractivity contribution in [3.63, 3.8) is 0 Å². The van der Waals surface area contributed by atoms with Crippen LogP contribution in [0.4, 0.5) is 0 Å². The highest BCUT2D eigenvalue weighted by molar-refractivity contribution is 6.21. The predicted molar refractivity (Wildman–Crippen MR) is 60.1 cm³/mol. The van der Waals surface area contributed by atoms with Gasteiger partial charge in [-0.25, -0.2) is 9.78 Å². The second-order valence-electron chi connectivity index (χ2n) is 3.77. The van der Waals surface area contributed by atoms with Crippen LogP contribution in [0.2, 0.25) is 0 Å². The van der Waals surface area contributed by atoms with E-state index in [4.69, 9.17) is 5.11 Å². The van der Waals surface area contributed by atoms with Crippen molar-refractivity contribution in [1.82, 2.24) is 4.98 Å². The Morgan fingerprint density at radius 3 is 2.41 bits per heavy atom. The molecule has 0 atom stereocenters. The summed E-state index contributed by atoms with van der Waals surface area (Å²) in [4.78, 5) is 26.9. The van der Waals surface area contributed by atoms with Gasteiger partial charge in [0.05, 0.1) is 5.69 Å². The van der Waals surface area contributed by atoms with E-state index in [1.165, 1.54) is 12.1 Å². The van der Waals surface area contributed by atoms with Gasteiger partial charge in [-0.1, -0.05) is 24.3 Å². The second kappa shape index (κ2) is 3.25. The molecule has 0 fully saturated rings. The van der Waals surface area contributed by atoms with Gasteiger partial charge in [-0.15, -0.1) is 0 Å². The van der Waals surface area contributed by atoms with E-state index in [-0.39, 0.29) is 11.5 Å². The van der Waals surface area contributed by atoms with E-state index in [1.807, 2.05) is 0 Å². The summed E-state index contributed by atoms with van der Waals surface area (Å²) in [5.41, 5.74) is 2.17. The third-order valence-electron chi connectivity index (χ3n) is 2.79. The molecule has 4 heteroatoms. The molecule has 17 heavy (non-hydrogen) atoms. The molecule has 1 aliphatic carbocycles. The summed E-state index contributed by atoms with van der Waals surface area (Å²) in [5.74, 6) is -1.19. The molecule has 0 saturated heterocycles. The van der Waals surface area contributed by atoms with Crippen LogP contribution in [0, 0.1) is 0 Å². The van der Waals surface area contributed by atoms with Crippen LogP contribution in [0.3, 0.4) is 0 Å². The summed E-state index contributed by atoms with van der Waals surface area (Å²) in [7, 11) is 0. The number of fused-ring (bicyclic) bond motifs is 3. The number of rotatable bonds is 1. The first-order valence-corrected chi connectivity index (χ1v) is 5.07. The van der Waals surface area contributed by atoms with Crippen LogP contribution in [-0.2, 0) is 0 Å². The molecule has 1 heterocycles. The van der Waals surface area contributed by atoms with Crippen LogP contribution in [-0.4, -0.2) is 21.8 Å². The largest absolute Gasteiger partial charge is 0.477 e.